The van der Waals surface area contributed by atoms with Gasteiger partial charge in [-0.3, -0.25) is 4.90 Å². The molecule has 1 N–H and O–H groups in total. The lowest BCUT2D eigenvalue weighted by Crippen LogP contribution is -2.57. The molecule has 1 saturated heterocycles. The minimum absolute atomic E-state index is 0.531. The fourth-order valence-corrected chi connectivity index (χ4v) is 4.39. The summed E-state index contributed by atoms with van der Waals surface area (Å²) in [6, 6.07) is 15.0. The summed E-state index contributed by atoms with van der Waals surface area (Å²) >= 11 is 12.2. The molecule has 28 heavy (non-hydrogen) atoms. The van der Waals surface area contributed by atoms with Crippen LogP contribution in [-0.4, -0.2) is 30.1 Å². The van der Waals surface area contributed by atoms with Crippen LogP contribution in [0.25, 0.3) is 5.57 Å². The van der Waals surface area contributed by atoms with E-state index in [0.717, 1.165) is 37.4 Å². The topological polar surface area (TPSA) is 24.5 Å². The summed E-state index contributed by atoms with van der Waals surface area (Å²) in [6.45, 7) is 5.46. The number of halogens is 2. The largest absolute Gasteiger partial charge is 0.493 e. The smallest absolute Gasteiger partial charge is 0.121 e. The summed E-state index contributed by atoms with van der Waals surface area (Å²) in [5.41, 5.74) is 3.57. The quantitative estimate of drug-likeness (QED) is 0.516. The standard InChI is InChI=1S/C23H24Cl2N2O/c1-2-26-18-5-3-6-21(14-18)28-10-4-9-27-19-11-17(12-20(27)15-19)16-7-8-22(24)23(25)13-16/h2-3,5-8,11,13-14,19-20,26H,1,4,9-10,12,15H2. The zero-order valence-corrected chi connectivity index (χ0v) is 17.2. The first-order valence-corrected chi connectivity index (χ1v) is 10.4. The van der Waals surface area contributed by atoms with Crippen LogP contribution >= 0.6 is 23.2 Å². The fourth-order valence-electron chi connectivity index (χ4n) is 4.09. The van der Waals surface area contributed by atoms with E-state index >= 15 is 0 Å². The second-order valence-corrected chi connectivity index (χ2v) is 8.11. The SMILES string of the molecule is C=CNc1cccc(OCCCN2C3C=C(c4ccc(Cl)c(Cl)c4)CC2C3)c1. The maximum atomic E-state index is 6.18. The highest BCUT2D eigenvalue weighted by Crippen LogP contribution is 2.41. The van der Waals surface area contributed by atoms with Crippen molar-refractivity contribution in [1.29, 1.82) is 0 Å². The fraction of sp³-hybridized carbons (Fsp3) is 0.304. The van der Waals surface area contributed by atoms with Crippen LogP contribution in [0.5, 0.6) is 5.75 Å². The molecule has 0 aromatic heterocycles. The monoisotopic (exact) mass is 414 g/mol. The van der Waals surface area contributed by atoms with Gasteiger partial charge in [0.2, 0.25) is 0 Å². The van der Waals surface area contributed by atoms with Crippen LogP contribution in [0.4, 0.5) is 5.69 Å². The number of nitrogens with zero attached hydrogens (tertiary/aromatic N) is 1. The number of anilines is 1. The van der Waals surface area contributed by atoms with Crippen molar-refractivity contribution in [3.8, 4) is 5.75 Å². The van der Waals surface area contributed by atoms with E-state index in [1.165, 1.54) is 17.6 Å². The first-order valence-electron chi connectivity index (χ1n) is 9.66. The molecule has 2 aliphatic heterocycles. The Kier molecular flexibility index (Phi) is 5.96. The maximum absolute atomic E-state index is 6.18. The molecule has 146 valence electrons. The molecule has 3 nitrogen and oxygen atoms in total. The van der Waals surface area contributed by atoms with Gasteiger partial charge in [0.05, 0.1) is 16.7 Å². The van der Waals surface area contributed by atoms with Crippen molar-refractivity contribution in [3.05, 3.63) is 76.9 Å². The Labute approximate surface area is 176 Å². The third-order valence-corrected chi connectivity index (χ3v) is 6.22. The molecule has 0 spiro atoms. The molecule has 2 aromatic carbocycles. The lowest BCUT2D eigenvalue weighted by molar-refractivity contribution is 0.0340. The van der Waals surface area contributed by atoms with Crippen molar-refractivity contribution >= 4 is 34.5 Å². The maximum Gasteiger partial charge on any atom is 0.121 e. The zero-order valence-electron chi connectivity index (χ0n) is 15.7. The van der Waals surface area contributed by atoms with Gasteiger partial charge in [-0.05, 0) is 60.9 Å². The van der Waals surface area contributed by atoms with Crippen molar-refractivity contribution in [2.75, 3.05) is 18.5 Å². The number of hydrogen-bond acceptors (Lipinski definition) is 3. The van der Waals surface area contributed by atoms with E-state index in [1.807, 2.05) is 36.4 Å². The van der Waals surface area contributed by atoms with Crippen molar-refractivity contribution < 1.29 is 4.74 Å². The van der Waals surface area contributed by atoms with Crippen LogP contribution in [0, 0.1) is 0 Å². The van der Waals surface area contributed by atoms with Gasteiger partial charge in [-0.15, -0.1) is 0 Å². The Morgan fingerprint density at radius 2 is 2.07 bits per heavy atom. The van der Waals surface area contributed by atoms with Gasteiger partial charge in [-0.1, -0.05) is 48.0 Å². The second-order valence-electron chi connectivity index (χ2n) is 7.30. The van der Waals surface area contributed by atoms with E-state index in [1.54, 1.807) is 6.20 Å². The molecule has 2 atom stereocenters. The van der Waals surface area contributed by atoms with Gasteiger partial charge in [0, 0.05) is 30.4 Å². The molecule has 5 rings (SSSR count). The summed E-state index contributed by atoms with van der Waals surface area (Å²) in [6.07, 6.45) is 7.40. The number of fused-ring (bicyclic) bond motifs is 1. The van der Waals surface area contributed by atoms with Crippen molar-refractivity contribution in [2.45, 2.75) is 31.3 Å². The van der Waals surface area contributed by atoms with Crippen LogP contribution in [0.15, 0.2) is 61.3 Å². The van der Waals surface area contributed by atoms with E-state index in [-0.39, 0.29) is 0 Å². The summed E-state index contributed by atoms with van der Waals surface area (Å²) in [4.78, 5) is 2.58. The van der Waals surface area contributed by atoms with E-state index < -0.39 is 0 Å². The molecular weight excluding hydrogens is 391 g/mol. The predicted octanol–water partition coefficient (Wildman–Crippen LogP) is 6.25. The van der Waals surface area contributed by atoms with E-state index in [2.05, 4.69) is 28.9 Å². The Hall–Kier alpha value is -1.94. The van der Waals surface area contributed by atoms with Gasteiger partial charge in [-0.2, -0.15) is 0 Å². The second kappa shape index (κ2) is 8.60. The van der Waals surface area contributed by atoms with Crippen molar-refractivity contribution in [3.63, 3.8) is 0 Å². The number of benzene rings is 2. The molecule has 0 radical (unpaired) electrons. The molecule has 2 heterocycles. The average molecular weight is 415 g/mol. The summed E-state index contributed by atoms with van der Waals surface area (Å²) in [5.74, 6) is 0.887. The van der Waals surface area contributed by atoms with Crippen LogP contribution in [0.2, 0.25) is 10.0 Å². The summed E-state index contributed by atoms with van der Waals surface area (Å²) in [5, 5.41) is 4.32. The number of rotatable bonds is 8. The molecule has 2 bridgehead atoms. The third-order valence-electron chi connectivity index (χ3n) is 5.48. The Balaban J connectivity index is 1.27. The first kappa shape index (κ1) is 19.4. The van der Waals surface area contributed by atoms with Gasteiger partial charge in [0.25, 0.3) is 0 Å². The number of hydrogen-bond donors (Lipinski definition) is 1. The van der Waals surface area contributed by atoms with Crippen LogP contribution in [0.1, 0.15) is 24.8 Å². The molecule has 1 fully saturated rings. The van der Waals surface area contributed by atoms with Crippen molar-refractivity contribution in [1.82, 2.24) is 4.90 Å². The molecule has 2 aromatic rings. The number of ether oxygens (including phenoxy) is 1. The average Bonchev–Trinajstić information content (AvgIpc) is 2.70. The molecule has 0 amide bonds. The van der Waals surface area contributed by atoms with Crippen LogP contribution < -0.4 is 10.1 Å². The normalized spacial score (nSPS) is 20.9. The van der Waals surface area contributed by atoms with Gasteiger partial charge in [-0.25, -0.2) is 0 Å². The Morgan fingerprint density at radius 1 is 1.18 bits per heavy atom. The molecule has 2 unspecified atom stereocenters. The number of nitrogens with one attached hydrogen (secondary N) is 1. The van der Waals surface area contributed by atoms with E-state index in [0.29, 0.717) is 22.1 Å². The van der Waals surface area contributed by atoms with E-state index in [4.69, 9.17) is 27.9 Å². The highest BCUT2D eigenvalue weighted by Gasteiger charge is 2.40. The predicted molar refractivity (Wildman–Crippen MR) is 118 cm³/mol. The Bertz CT molecular complexity index is 896. The summed E-state index contributed by atoms with van der Waals surface area (Å²) < 4.78 is 5.91. The molecule has 1 aliphatic carbocycles. The minimum Gasteiger partial charge on any atom is -0.493 e. The van der Waals surface area contributed by atoms with Crippen LogP contribution in [0.3, 0.4) is 0 Å². The van der Waals surface area contributed by atoms with Gasteiger partial charge >= 0.3 is 0 Å². The Morgan fingerprint density at radius 3 is 2.82 bits per heavy atom. The molecule has 5 heteroatoms. The van der Waals surface area contributed by atoms with E-state index in [9.17, 15) is 0 Å². The minimum atomic E-state index is 0.531. The molecular formula is C23H24Cl2N2O. The first-order chi connectivity index (χ1) is 13.6. The van der Waals surface area contributed by atoms with Gasteiger partial charge < -0.3 is 10.1 Å². The van der Waals surface area contributed by atoms with Gasteiger partial charge in [0.1, 0.15) is 5.75 Å². The summed E-state index contributed by atoms with van der Waals surface area (Å²) in [7, 11) is 0. The van der Waals surface area contributed by atoms with Crippen molar-refractivity contribution in [2.24, 2.45) is 0 Å². The molecule has 0 saturated carbocycles. The van der Waals surface area contributed by atoms with Gasteiger partial charge in [0.15, 0.2) is 0 Å². The highest BCUT2D eigenvalue weighted by molar-refractivity contribution is 6.42. The lowest BCUT2D eigenvalue weighted by atomic mass is 9.78. The lowest BCUT2D eigenvalue weighted by Gasteiger charge is -2.51. The highest BCUT2D eigenvalue weighted by atomic mass is 35.5. The molecule has 3 aliphatic rings. The van der Waals surface area contributed by atoms with Crippen LogP contribution in [-0.2, 0) is 0 Å². The zero-order chi connectivity index (χ0) is 19.5. The third kappa shape index (κ3) is 4.22.